The molecule has 0 heterocycles. The fourth-order valence-electron chi connectivity index (χ4n) is 2.23. The maximum Gasteiger partial charge on any atom is 0.126 e. The minimum atomic E-state index is -0.305. The average molecular weight is 230 g/mol. The van der Waals surface area contributed by atoms with E-state index in [-0.39, 0.29) is 5.82 Å². The molecule has 0 spiro atoms. The Morgan fingerprint density at radius 2 is 2.00 bits per heavy atom. The maximum atomic E-state index is 13.4. The van der Waals surface area contributed by atoms with Crippen LogP contribution in [0.4, 0.5) is 10.1 Å². The molecule has 2 nitrogen and oxygen atoms in total. The van der Waals surface area contributed by atoms with Crippen LogP contribution in [-0.4, -0.2) is 12.6 Å². The molecule has 2 saturated carbocycles. The number of halogens is 1. The molecule has 0 amide bonds. The third-order valence-corrected chi connectivity index (χ3v) is 3.48. The van der Waals surface area contributed by atoms with E-state index in [1.165, 1.54) is 31.7 Å². The monoisotopic (exact) mass is 230 g/mol. The Hall–Kier alpha value is -1.56. The molecule has 0 atom stereocenters. The van der Waals surface area contributed by atoms with Gasteiger partial charge in [0.1, 0.15) is 5.82 Å². The smallest absolute Gasteiger partial charge is 0.126 e. The van der Waals surface area contributed by atoms with Gasteiger partial charge in [0.2, 0.25) is 0 Å². The minimum absolute atomic E-state index is 0.305. The van der Waals surface area contributed by atoms with Crippen molar-refractivity contribution in [2.45, 2.75) is 31.7 Å². The fraction of sp³-hybridized carbons (Fsp3) is 0.500. The molecule has 2 aliphatic carbocycles. The van der Waals surface area contributed by atoms with Crippen LogP contribution in [0, 0.1) is 23.1 Å². The standard InChI is InChI=1S/C14H15FN2/c15-12-5-11(8-16)6-14(7-12)17(13-3-4-13)9-10-1-2-10/h5-7,10,13H,1-4,9H2. The molecule has 88 valence electrons. The maximum absolute atomic E-state index is 13.4. The van der Waals surface area contributed by atoms with Gasteiger partial charge in [0.15, 0.2) is 0 Å². The first-order valence-electron chi connectivity index (χ1n) is 6.23. The highest BCUT2D eigenvalue weighted by atomic mass is 19.1. The Morgan fingerprint density at radius 3 is 2.59 bits per heavy atom. The lowest BCUT2D eigenvalue weighted by Gasteiger charge is -2.24. The molecule has 1 aromatic carbocycles. The van der Waals surface area contributed by atoms with Crippen LogP contribution < -0.4 is 4.90 Å². The lowest BCUT2D eigenvalue weighted by Crippen LogP contribution is -2.28. The zero-order valence-electron chi connectivity index (χ0n) is 9.69. The van der Waals surface area contributed by atoms with Crippen LogP contribution in [0.25, 0.3) is 0 Å². The molecule has 1 aromatic rings. The van der Waals surface area contributed by atoms with Crippen molar-refractivity contribution in [1.82, 2.24) is 0 Å². The Labute approximate surface area is 101 Å². The molecule has 0 unspecified atom stereocenters. The van der Waals surface area contributed by atoms with Gasteiger partial charge in [-0.3, -0.25) is 0 Å². The minimum Gasteiger partial charge on any atom is -0.368 e. The Kier molecular flexibility index (Phi) is 2.51. The first-order valence-corrected chi connectivity index (χ1v) is 6.23. The topological polar surface area (TPSA) is 27.0 Å². The van der Waals surface area contributed by atoms with Crippen LogP contribution in [0.15, 0.2) is 18.2 Å². The molecule has 2 fully saturated rings. The number of benzene rings is 1. The summed E-state index contributed by atoms with van der Waals surface area (Å²) in [6.45, 7) is 1.03. The summed E-state index contributed by atoms with van der Waals surface area (Å²) >= 11 is 0. The van der Waals surface area contributed by atoms with Crippen LogP contribution in [0.3, 0.4) is 0 Å². The van der Waals surface area contributed by atoms with E-state index in [0.29, 0.717) is 11.6 Å². The van der Waals surface area contributed by atoms with Crippen molar-refractivity contribution < 1.29 is 4.39 Å². The van der Waals surface area contributed by atoms with Gasteiger partial charge >= 0.3 is 0 Å². The van der Waals surface area contributed by atoms with E-state index in [1.54, 1.807) is 6.07 Å². The molecule has 0 N–H and O–H groups in total. The fourth-order valence-corrected chi connectivity index (χ4v) is 2.23. The molecule has 0 aliphatic heterocycles. The first-order chi connectivity index (χ1) is 8.26. The van der Waals surface area contributed by atoms with Crippen molar-refractivity contribution >= 4 is 5.69 Å². The molecule has 0 bridgehead atoms. The number of rotatable bonds is 4. The van der Waals surface area contributed by atoms with Crippen molar-refractivity contribution in [2.75, 3.05) is 11.4 Å². The molecular weight excluding hydrogens is 215 g/mol. The third-order valence-electron chi connectivity index (χ3n) is 3.48. The van der Waals surface area contributed by atoms with E-state index in [9.17, 15) is 4.39 Å². The summed E-state index contributed by atoms with van der Waals surface area (Å²) in [7, 11) is 0. The second-order valence-corrected chi connectivity index (χ2v) is 5.14. The summed E-state index contributed by atoms with van der Waals surface area (Å²) < 4.78 is 13.4. The van der Waals surface area contributed by atoms with Crippen LogP contribution in [0.2, 0.25) is 0 Å². The van der Waals surface area contributed by atoms with Crippen LogP contribution in [0.5, 0.6) is 0 Å². The summed E-state index contributed by atoms with van der Waals surface area (Å²) in [5.74, 6) is 0.477. The molecular formula is C14H15FN2. The van der Waals surface area contributed by atoms with Gasteiger partial charge in [-0.25, -0.2) is 4.39 Å². The van der Waals surface area contributed by atoms with E-state index in [4.69, 9.17) is 5.26 Å². The first kappa shape index (κ1) is 10.6. The molecule has 2 aliphatic rings. The zero-order chi connectivity index (χ0) is 11.8. The van der Waals surface area contributed by atoms with Gasteiger partial charge in [-0.15, -0.1) is 0 Å². The van der Waals surface area contributed by atoms with Crippen molar-refractivity contribution in [3.8, 4) is 6.07 Å². The number of hydrogen-bond donors (Lipinski definition) is 0. The average Bonchev–Trinajstić information content (AvgIpc) is 3.16. The zero-order valence-corrected chi connectivity index (χ0v) is 9.69. The predicted octanol–water partition coefficient (Wildman–Crippen LogP) is 3.08. The molecule has 3 heteroatoms. The summed E-state index contributed by atoms with van der Waals surface area (Å²) in [6.07, 6.45) is 4.99. The van der Waals surface area contributed by atoms with E-state index in [1.807, 2.05) is 12.1 Å². The van der Waals surface area contributed by atoms with Gasteiger partial charge in [-0.1, -0.05) is 0 Å². The SMILES string of the molecule is N#Cc1cc(F)cc(N(CC2CC2)C2CC2)c1. The van der Waals surface area contributed by atoms with Crippen LogP contribution >= 0.6 is 0 Å². The van der Waals surface area contributed by atoms with Gasteiger partial charge in [0.25, 0.3) is 0 Å². The highest BCUT2D eigenvalue weighted by Crippen LogP contribution is 2.38. The van der Waals surface area contributed by atoms with Crippen LogP contribution in [-0.2, 0) is 0 Å². The Bertz CT molecular complexity index is 470. The molecule has 17 heavy (non-hydrogen) atoms. The van der Waals surface area contributed by atoms with E-state index >= 15 is 0 Å². The van der Waals surface area contributed by atoms with Gasteiger partial charge in [0, 0.05) is 18.3 Å². The summed E-state index contributed by atoms with van der Waals surface area (Å²) in [5, 5.41) is 8.88. The quantitative estimate of drug-likeness (QED) is 0.794. The molecule has 0 saturated heterocycles. The number of nitrogens with zero attached hydrogens (tertiary/aromatic N) is 2. The predicted molar refractivity (Wildman–Crippen MR) is 64.2 cm³/mol. The van der Waals surface area contributed by atoms with Gasteiger partial charge < -0.3 is 4.90 Å². The van der Waals surface area contributed by atoms with Crippen molar-refractivity contribution in [2.24, 2.45) is 5.92 Å². The second-order valence-electron chi connectivity index (χ2n) is 5.14. The van der Waals surface area contributed by atoms with Crippen molar-refractivity contribution in [1.29, 1.82) is 5.26 Å². The van der Waals surface area contributed by atoms with E-state index < -0.39 is 0 Å². The lowest BCUT2D eigenvalue weighted by molar-refractivity contribution is 0.624. The highest BCUT2D eigenvalue weighted by Gasteiger charge is 2.34. The number of anilines is 1. The summed E-state index contributed by atoms with van der Waals surface area (Å²) in [5.41, 5.74) is 1.30. The van der Waals surface area contributed by atoms with Gasteiger partial charge in [-0.2, -0.15) is 5.26 Å². The van der Waals surface area contributed by atoms with Crippen molar-refractivity contribution in [3.63, 3.8) is 0 Å². The number of nitriles is 1. The summed E-state index contributed by atoms with van der Waals surface area (Å²) in [4.78, 5) is 2.29. The number of hydrogen-bond acceptors (Lipinski definition) is 2. The van der Waals surface area contributed by atoms with E-state index in [0.717, 1.165) is 18.2 Å². The van der Waals surface area contributed by atoms with E-state index in [2.05, 4.69) is 4.90 Å². The molecule has 0 radical (unpaired) electrons. The molecule has 3 rings (SSSR count). The molecule has 0 aromatic heterocycles. The van der Waals surface area contributed by atoms with Gasteiger partial charge in [0.05, 0.1) is 11.6 Å². The van der Waals surface area contributed by atoms with Crippen LogP contribution in [0.1, 0.15) is 31.2 Å². The second kappa shape index (κ2) is 4.03. The van der Waals surface area contributed by atoms with Gasteiger partial charge in [-0.05, 0) is 49.8 Å². The lowest BCUT2D eigenvalue weighted by atomic mass is 10.2. The third kappa shape index (κ3) is 2.41. The summed E-state index contributed by atoms with van der Waals surface area (Å²) in [6, 6.07) is 7.26. The normalized spacial score (nSPS) is 18.8. The Balaban J connectivity index is 1.88. The largest absolute Gasteiger partial charge is 0.368 e. The highest BCUT2D eigenvalue weighted by molar-refractivity contribution is 5.53. The Morgan fingerprint density at radius 1 is 1.24 bits per heavy atom. The van der Waals surface area contributed by atoms with Crippen molar-refractivity contribution in [3.05, 3.63) is 29.6 Å².